The topological polar surface area (TPSA) is 77.1 Å². The number of carbonyl (C=O) groups excluding carboxylic acids is 2. The van der Waals surface area contributed by atoms with Gasteiger partial charge in [0.1, 0.15) is 13.2 Å². The number of fused-ring (bicyclic) bond motifs is 1. The monoisotopic (exact) mass is 334 g/mol. The quantitative estimate of drug-likeness (QED) is 0.828. The molecule has 1 aromatic carbocycles. The molecule has 2 aliphatic rings. The van der Waals surface area contributed by atoms with Crippen molar-refractivity contribution < 1.29 is 23.8 Å². The fourth-order valence-corrected chi connectivity index (χ4v) is 2.99. The summed E-state index contributed by atoms with van der Waals surface area (Å²) in [6.45, 7) is 3.14. The molecular formula is C17H22N2O5. The first-order valence-electron chi connectivity index (χ1n) is 8.12. The van der Waals surface area contributed by atoms with E-state index in [1.165, 1.54) is 0 Å². The van der Waals surface area contributed by atoms with Gasteiger partial charge in [0.15, 0.2) is 11.5 Å². The first kappa shape index (κ1) is 16.6. The van der Waals surface area contributed by atoms with Crippen LogP contribution in [0.4, 0.5) is 0 Å². The summed E-state index contributed by atoms with van der Waals surface area (Å²) in [6, 6.07) is 5.27. The van der Waals surface area contributed by atoms with Crippen molar-refractivity contribution >= 4 is 11.8 Å². The highest BCUT2D eigenvalue weighted by Crippen LogP contribution is 2.33. The lowest BCUT2D eigenvalue weighted by atomic mass is 10.1. The number of ether oxygens (including phenoxy) is 3. The van der Waals surface area contributed by atoms with E-state index in [1.54, 1.807) is 30.2 Å². The highest BCUT2D eigenvalue weighted by Gasteiger charge is 2.30. The Labute approximate surface area is 140 Å². The molecule has 24 heavy (non-hydrogen) atoms. The smallest absolute Gasteiger partial charge is 0.255 e. The molecule has 2 amide bonds. The van der Waals surface area contributed by atoms with Gasteiger partial charge in [-0.2, -0.15) is 0 Å². The maximum atomic E-state index is 12.4. The van der Waals surface area contributed by atoms with Gasteiger partial charge in [0.2, 0.25) is 5.91 Å². The standard InChI is InChI=1S/C17H22N2O5/c1-22-6-5-19-11-12(9-15(19)20)10-18-17(21)13-3-2-4-14-16(13)24-8-7-23-14/h2-4,12H,5-11H2,1H3,(H,18,21). The number of hydrogen-bond donors (Lipinski definition) is 1. The number of hydrogen-bond acceptors (Lipinski definition) is 5. The molecule has 0 radical (unpaired) electrons. The van der Waals surface area contributed by atoms with E-state index in [0.29, 0.717) is 62.9 Å². The molecule has 1 unspecified atom stereocenters. The van der Waals surface area contributed by atoms with Crippen LogP contribution in [0.25, 0.3) is 0 Å². The number of para-hydroxylation sites is 1. The van der Waals surface area contributed by atoms with Crippen LogP contribution in [0.15, 0.2) is 18.2 Å². The van der Waals surface area contributed by atoms with Crippen LogP contribution in [0.5, 0.6) is 11.5 Å². The van der Waals surface area contributed by atoms with Gasteiger partial charge in [-0.25, -0.2) is 0 Å². The maximum absolute atomic E-state index is 12.4. The molecular weight excluding hydrogens is 312 g/mol. The predicted molar refractivity (Wildman–Crippen MR) is 86.3 cm³/mol. The van der Waals surface area contributed by atoms with Gasteiger partial charge < -0.3 is 24.4 Å². The Morgan fingerprint density at radius 2 is 2.21 bits per heavy atom. The molecule has 1 saturated heterocycles. The summed E-state index contributed by atoms with van der Waals surface area (Å²) in [7, 11) is 1.62. The Morgan fingerprint density at radius 3 is 3.04 bits per heavy atom. The molecule has 130 valence electrons. The van der Waals surface area contributed by atoms with Crippen molar-refractivity contribution in [2.75, 3.05) is 46.6 Å². The molecule has 2 heterocycles. The van der Waals surface area contributed by atoms with Gasteiger partial charge in [0.25, 0.3) is 5.91 Å². The predicted octanol–water partition coefficient (Wildman–Crippen LogP) is 0.682. The average molecular weight is 334 g/mol. The van der Waals surface area contributed by atoms with E-state index in [0.717, 1.165) is 0 Å². The zero-order valence-electron chi connectivity index (χ0n) is 13.7. The minimum Gasteiger partial charge on any atom is -0.486 e. The van der Waals surface area contributed by atoms with Gasteiger partial charge in [-0.15, -0.1) is 0 Å². The lowest BCUT2D eigenvalue weighted by Crippen LogP contribution is -2.32. The third kappa shape index (κ3) is 3.62. The van der Waals surface area contributed by atoms with Crippen molar-refractivity contribution in [3.8, 4) is 11.5 Å². The minimum atomic E-state index is -0.208. The summed E-state index contributed by atoms with van der Waals surface area (Å²) in [5.41, 5.74) is 0.466. The lowest BCUT2D eigenvalue weighted by molar-refractivity contribution is -0.128. The van der Waals surface area contributed by atoms with Crippen molar-refractivity contribution in [3.05, 3.63) is 23.8 Å². The Balaban J connectivity index is 1.56. The van der Waals surface area contributed by atoms with E-state index in [2.05, 4.69) is 5.32 Å². The number of benzene rings is 1. The largest absolute Gasteiger partial charge is 0.486 e. The van der Waals surface area contributed by atoms with E-state index in [9.17, 15) is 9.59 Å². The van der Waals surface area contributed by atoms with Gasteiger partial charge in [0.05, 0.1) is 12.2 Å². The van der Waals surface area contributed by atoms with Crippen LogP contribution in [-0.4, -0.2) is 63.3 Å². The second kappa shape index (κ2) is 7.53. The van der Waals surface area contributed by atoms with Gasteiger partial charge in [0, 0.05) is 39.1 Å². The molecule has 1 fully saturated rings. The summed E-state index contributed by atoms with van der Waals surface area (Å²) >= 11 is 0. The van der Waals surface area contributed by atoms with Gasteiger partial charge >= 0.3 is 0 Å². The highest BCUT2D eigenvalue weighted by molar-refractivity contribution is 5.97. The van der Waals surface area contributed by atoms with Crippen LogP contribution in [0.3, 0.4) is 0 Å². The van der Waals surface area contributed by atoms with Crippen LogP contribution in [0.1, 0.15) is 16.8 Å². The van der Waals surface area contributed by atoms with Gasteiger partial charge in [-0.3, -0.25) is 9.59 Å². The molecule has 0 aliphatic carbocycles. The van der Waals surface area contributed by atoms with Crippen molar-refractivity contribution in [3.63, 3.8) is 0 Å². The number of rotatable bonds is 6. The number of nitrogens with zero attached hydrogens (tertiary/aromatic N) is 1. The maximum Gasteiger partial charge on any atom is 0.255 e. The third-order valence-corrected chi connectivity index (χ3v) is 4.22. The number of likely N-dealkylation sites (tertiary alicyclic amines) is 1. The van der Waals surface area contributed by atoms with Crippen LogP contribution in [0, 0.1) is 5.92 Å². The summed E-state index contributed by atoms with van der Waals surface area (Å²) < 4.78 is 16.1. The second-order valence-corrected chi connectivity index (χ2v) is 5.94. The van der Waals surface area contributed by atoms with E-state index >= 15 is 0 Å². The molecule has 3 rings (SSSR count). The molecule has 2 aliphatic heterocycles. The molecule has 7 heteroatoms. The third-order valence-electron chi connectivity index (χ3n) is 4.22. The SMILES string of the molecule is COCCN1CC(CNC(=O)c2cccc3c2OCCO3)CC1=O. The Morgan fingerprint density at radius 1 is 1.38 bits per heavy atom. The van der Waals surface area contributed by atoms with E-state index in [1.807, 2.05) is 0 Å². The fourth-order valence-electron chi connectivity index (χ4n) is 2.99. The zero-order valence-corrected chi connectivity index (χ0v) is 13.7. The van der Waals surface area contributed by atoms with Crippen LogP contribution in [-0.2, 0) is 9.53 Å². The van der Waals surface area contributed by atoms with Crippen molar-refractivity contribution in [2.24, 2.45) is 5.92 Å². The molecule has 0 bridgehead atoms. The average Bonchev–Trinajstić information content (AvgIpc) is 2.97. The summed E-state index contributed by atoms with van der Waals surface area (Å²) in [5.74, 6) is 1.11. The van der Waals surface area contributed by atoms with E-state index in [-0.39, 0.29) is 17.7 Å². The fraction of sp³-hybridized carbons (Fsp3) is 0.529. The summed E-state index contributed by atoms with van der Waals surface area (Å²) in [4.78, 5) is 26.1. The molecule has 0 aromatic heterocycles. The molecule has 0 spiro atoms. The van der Waals surface area contributed by atoms with Crippen LogP contribution < -0.4 is 14.8 Å². The zero-order chi connectivity index (χ0) is 16.9. The lowest BCUT2D eigenvalue weighted by Gasteiger charge is -2.21. The number of amides is 2. The summed E-state index contributed by atoms with van der Waals surface area (Å²) in [5, 5.41) is 2.90. The summed E-state index contributed by atoms with van der Waals surface area (Å²) in [6.07, 6.45) is 0.455. The number of carbonyl (C=O) groups is 2. The number of nitrogens with one attached hydrogen (secondary N) is 1. The van der Waals surface area contributed by atoms with E-state index < -0.39 is 0 Å². The van der Waals surface area contributed by atoms with E-state index in [4.69, 9.17) is 14.2 Å². The Bertz CT molecular complexity index is 619. The normalized spacial score (nSPS) is 19.5. The molecule has 1 N–H and O–H groups in total. The molecule has 1 atom stereocenters. The molecule has 1 aromatic rings. The van der Waals surface area contributed by atoms with Crippen LogP contribution >= 0.6 is 0 Å². The Kier molecular flexibility index (Phi) is 5.20. The van der Waals surface area contributed by atoms with Crippen molar-refractivity contribution in [1.29, 1.82) is 0 Å². The molecule has 0 saturated carbocycles. The van der Waals surface area contributed by atoms with Gasteiger partial charge in [-0.05, 0) is 12.1 Å². The second-order valence-electron chi connectivity index (χ2n) is 5.94. The van der Waals surface area contributed by atoms with Crippen molar-refractivity contribution in [2.45, 2.75) is 6.42 Å². The molecule has 7 nitrogen and oxygen atoms in total. The van der Waals surface area contributed by atoms with Gasteiger partial charge in [-0.1, -0.05) is 6.07 Å². The Hall–Kier alpha value is -2.28. The first-order valence-corrected chi connectivity index (χ1v) is 8.12. The van der Waals surface area contributed by atoms with Crippen molar-refractivity contribution in [1.82, 2.24) is 10.2 Å². The van der Waals surface area contributed by atoms with Crippen LogP contribution in [0.2, 0.25) is 0 Å². The number of methoxy groups -OCH3 is 1. The first-order chi connectivity index (χ1) is 11.7. The highest BCUT2D eigenvalue weighted by atomic mass is 16.6. The minimum absolute atomic E-state index is 0.111.